The molecular weight excluding hydrogens is 432 g/mol. The highest BCUT2D eigenvalue weighted by atomic mass is 35.5. The summed E-state index contributed by atoms with van der Waals surface area (Å²) >= 11 is 5.90. The average Bonchev–Trinajstić information content (AvgIpc) is 3.00. The van der Waals surface area contributed by atoms with E-state index in [-0.39, 0.29) is 41.9 Å². The van der Waals surface area contributed by atoms with Gasteiger partial charge in [0.05, 0.1) is 18.1 Å². The quantitative estimate of drug-likeness (QED) is 0.528. The van der Waals surface area contributed by atoms with Crippen LogP contribution in [-0.4, -0.2) is 44.3 Å². The van der Waals surface area contributed by atoms with Gasteiger partial charge in [-0.1, -0.05) is 35.9 Å². The fraction of sp³-hybridized carbons (Fsp3) is 0.211. The molecule has 3 N–H and O–H groups in total. The zero-order valence-corrected chi connectivity index (χ0v) is 17.3. The Bertz CT molecular complexity index is 1070. The van der Waals surface area contributed by atoms with Gasteiger partial charge in [0.2, 0.25) is 21.8 Å². The number of imide groups is 1. The topological polar surface area (TPSA) is 125 Å². The minimum Gasteiger partial charge on any atom is -0.329 e. The number of hydrogen-bond acceptors (Lipinski definition) is 5. The predicted molar refractivity (Wildman–Crippen MR) is 110 cm³/mol. The van der Waals surface area contributed by atoms with Crippen LogP contribution in [-0.2, 0) is 26.2 Å². The number of carbonyl (C=O) groups excluding carboxylic acids is 3. The first-order chi connectivity index (χ1) is 14.3. The highest BCUT2D eigenvalue weighted by Gasteiger charge is 2.28. The minimum atomic E-state index is -3.83. The lowest BCUT2D eigenvalue weighted by molar-refractivity contribution is -0.125. The Morgan fingerprint density at radius 3 is 2.60 bits per heavy atom. The Labute approximate surface area is 178 Å². The second-order valence-electron chi connectivity index (χ2n) is 6.47. The van der Waals surface area contributed by atoms with Crippen molar-refractivity contribution in [3.63, 3.8) is 0 Å². The summed E-state index contributed by atoms with van der Waals surface area (Å²) in [6.07, 6.45) is -0.0963. The van der Waals surface area contributed by atoms with Crippen LogP contribution in [0.15, 0.2) is 53.4 Å². The Balaban J connectivity index is 1.53. The van der Waals surface area contributed by atoms with E-state index in [0.29, 0.717) is 11.3 Å². The van der Waals surface area contributed by atoms with Crippen molar-refractivity contribution in [1.82, 2.24) is 14.9 Å². The van der Waals surface area contributed by atoms with Gasteiger partial charge in [-0.15, -0.1) is 0 Å². The zero-order chi connectivity index (χ0) is 21.7. The van der Waals surface area contributed by atoms with Crippen molar-refractivity contribution in [2.45, 2.75) is 17.9 Å². The molecule has 0 unspecified atom stereocenters. The van der Waals surface area contributed by atoms with Gasteiger partial charge in [0, 0.05) is 18.7 Å². The fourth-order valence-electron chi connectivity index (χ4n) is 2.81. The molecule has 4 amide bonds. The van der Waals surface area contributed by atoms with Crippen molar-refractivity contribution in [3.05, 3.63) is 59.1 Å². The third-order valence-corrected chi connectivity index (χ3v) is 6.22. The molecule has 0 atom stereocenters. The zero-order valence-electron chi connectivity index (χ0n) is 15.7. The van der Waals surface area contributed by atoms with Crippen molar-refractivity contribution < 1.29 is 22.8 Å². The van der Waals surface area contributed by atoms with E-state index in [1.165, 1.54) is 12.1 Å². The molecule has 30 heavy (non-hydrogen) atoms. The van der Waals surface area contributed by atoms with E-state index in [1.807, 2.05) is 0 Å². The standard InChI is InChI=1S/C19H19ClN4O5S/c20-15-6-1-2-7-16(15)30(28,29)22-9-8-17(25)23-14-5-3-4-13(10-14)12-24-18(26)11-21-19(24)27/h1-7,10,22H,8-9,11-12H2,(H,21,27)(H,23,25). The van der Waals surface area contributed by atoms with Gasteiger partial charge < -0.3 is 10.6 Å². The van der Waals surface area contributed by atoms with Crippen molar-refractivity contribution in [3.8, 4) is 0 Å². The van der Waals surface area contributed by atoms with Crippen LogP contribution in [0.1, 0.15) is 12.0 Å². The number of carbonyl (C=O) groups is 3. The van der Waals surface area contributed by atoms with Crippen molar-refractivity contribution in [1.29, 1.82) is 0 Å². The highest BCUT2D eigenvalue weighted by molar-refractivity contribution is 7.89. The van der Waals surface area contributed by atoms with Crippen molar-refractivity contribution in [2.75, 3.05) is 18.4 Å². The van der Waals surface area contributed by atoms with Crippen LogP contribution < -0.4 is 15.4 Å². The molecule has 1 heterocycles. The van der Waals surface area contributed by atoms with E-state index in [4.69, 9.17) is 11.6 Å². The third kappa shape index (κ3) is 5.35. The van der Waals surface area contributed by atoms with Gasteiger partial charge in [-0.05, 0) is 29.8 Å². The average molecular weight is 451 g/mol. The van der Waals surface area contributed by atoms with Crippen molar-refractivity contribution in [2.24, 2.45) is 0 Å². The largest absolute Gasteiger partial charge is 0.329 e. The number of hydrogen-bond donors (Lipinski definition) is 3. The van der Waals surface area contributed by atoms with E-state index in [9.17, 15) is 22.8 Å². The first-order valence-electron chi connectivity index (χ1n) is 8.97. The molecule has 2 aromatic rings. The number of nitrogens with zero attached hydrogens (tertiary/aromatic N) is 1. The first kappa shape index (κ1) is 21.8. The maximum Gasteiger partial charge on any atom is 0.324 e. The number of amides is 4. The Hall–Kier alpha value is -2.95. The Morgan fingerprint density at radius 1 is 1.13 bits per heavy atom. The molecule has 1 fully saturated rings. The van der Waals surface area contributed by atoms with Crippen LogP contribution in [0.4, 0.5) is 10.5 Å². The predicted octanol–water partition coefficient (Wildman–Crippen LogP) is 1.70. The second-order valence-corrected chi connectivity index (χ2v) is 8.61. The number of rotatable bonds is 8. The van der Waals surface area contributed by atoms with Gasteiger partial charge in [0.25, 0.3) is 0 Å². The van der Waals surface area contributed by atoms with Crippen LogP contribution in [0.25, 0.3) is 0 Å². The number of sulfonamides is 1. The fourth-order valence-corrected chi connectivity index (χ4v) is 4.36. The first-order valence-corrected chi connectivity index (χ1v) is 10.8. The molecule has 1 aliphatic heterocycles. The van der Waals surface area contributed by atoms with E-state index >= 15 is 0 Å². The molecule has 0 aromatic heterocycles. The van der Waals surface area contributed by atoms with E-state index in [1.54, 1.807) is 36.4 Å². The molecule has 1 aliphatic rings. The smallest absolute Gasteiger partial charge is 0.324 e. The summed E-state index contributed by atoms with van der Waals surface area (Å²) in [4.78, 5) is 36.5. The second kappa shape index (κ2) is 9.24. The number of benzene rings is 2. The van der Waals surface area contributed by atoms with Gasteiger partial charge >= 0.3 is 6.03 Å². The maximum atomic E-state index is 12.3. The summed E-state index contributed by atoms with van der Waals surface area (Å²) in [7, 11) is -3.83. The normalized spacial score (nSPS) is 14.0. The summed E-state index contributed by atoms with van der Waals surface area (Å²) in [5, 5.41) is 5.20. The number of urea groups is 1. The lowest BCUT2D eigenvalue weighted by atomic mass is 10.2. The van der Waals surface area contributed by atoms with Crippen LogP contribution in [0.2, 0.25) is 5.02 Å². The Morgan fingerprint density at radius 2 is 1.90 bits per heavy atom. The summed E-state index contributed by atoms with van der Waals surface area (Å²) in [6.45, 7) is -0.0487. The molecule has 11 heteroatoms. The maximum absolute atomic E-state index is 12.3. The van der Waals surface area contributed by atoms with Gasteiger partial charge in [-0.3, -0.25) is 14.5 Å². The van der Waals surface area contributed by atoms with Crippen molar-refractivity contribution >= 4 is 45.2 Å². The molecule has 0 radical (unpaired) electrons. The van der Waals surface area contributed by atoms with Crippen LogP contribution in [0.5, 0.6) is 0 Å². The Kier molecular flexibility index (Phi) is 6.70. The SMILES string of the molecule is O=C(CCNS(=O)(=O)c1ccccc1Cl)Nc1cccc(CN2C(=O)CNC2=O)c1. The molecule has 158 valence electrons. The van der Waals surface area contributed by atoms with Crippen LogP contribution in [0, 0.1) is 0 Å². The molecule has 0 saturated carbocycles. The number of anilines is 1. The van der Waals surface area contributed by atoms with Gasteiger partial charge in [-0.25, -0.2) is 17.9 Å². The van der Waals surface area contributed by atoms with Crippen LogP contribution in [0.3, 0.4) is 0 Å². The monoisotopic (exact) mass is 450 g/mol. The molecule has 0 aliphatic carbocycles. The molecule has 3 rings (SSSR count). The molecule has 0 bridgehead atoms. The van der Waals surface area contributed by atoms with Gasteiger partial charge in [-0.2, -0.15) is 0 Å². The highest BCUT2D eigenvalue weighted by Crippen LogP contribution is 2.20. The van der Waals surface area contributed by atoms with E-state index in [2.05, 4.69) is 15.4 Å². The van der Waals surface area contributed by atoms with Crippen LogP contribution >= 0.6 is 11.6 Å². The number of nitrogens with one attached hydrogen (secondary N) is 3. The molecule has 2 aromatic carbocycles. The molecular formula is C19H19ClN4O5S. The summed E-state index contributed by atoms with van der Waals surface area (Å²) in [5.41, 5.74) is 1.14. The van der Waals surface area contributed by atoms with E-state index in [0.717, 1.165) is 4.90 Å². The molecule has 9 nitrogen and oxygen atoms in total. The summed E-state index contributed by atoms with van der Waals surface area (Å²) < 4.78 is 26.9. The number of halogens is 1. The summed E-state index contributed by atoms with van der Waals surface area (Å²) in [5.74, 6) is -0.718. The molecule has 1 saturated heterocycles. The van der Waals surface area contributed by atoms with Gasteiger partial charge in [0.15, 0.2) is 0 Å². The minimum absolute atomic E-state index is 0.0284. The third-order valence-electron chi connectivity index (χ3n) is 4.26. The van der Waals surface area contributed by atoms with Gasteiger partial charge in [0.1, 0.15) is 4.90 Å². The lowest BCUT2D eigenvalue weighted by Gasteiger charge is -2.13. The molecule has 0 spiro atoms. The van der Waals surface area contributed by atoms with E-state index < -0.39 is 22.0 Å². The summed E-state index contributed by atoms with van der Waals surface area (Å²) in [6, 6.07) is 12.3. The lowest BCUT2D eigenvalue weighted by Crippen LogP contribution is -2.30.